The van der Waals surface area contributed by atoms with Crippen molar-refractivity contribution < 1.29 is 8.42 Å². The molecule has 1 saturated carbocycles. The van der Waals surface area contributed by atoms with E-state index in [1.807, 2.05) is 18.8 Å². The number of aromatic nitrogens is 4. The highest BCUT2D eigenvalue weighted by atomic mass is 32.2. The Hall–Kier alpha value is -1.06. The van der Waals surface area contributed by atoms with Gasteiger partial charge in [0.1, 0.15) is 0 Å². The van der Waals surface area contributed by atoms with Gasteiger partial charge in [-0.1, -0.05) is 12.8 Å². The summed E-state index contributed by atoms with van der Waals surface area (Å²) in [5, 5.41) is 12.4. The normalized spacial score (nSPS) is 28.0. The lowest BCUT2D eigenvalue weighted by Crippen LogP contribution is -2.47. The first-order valence-electron chi connectivity index (χ1n) is 7.75. The first-order chi connectivity index (χ1) is 10.3. The second kappa shape index (κ2) is 5.54. The number of tetrazole rings is 1. The van der Waals surface area contributed by atoms with Crippen LogP contribution in [-0.4, -0.2) is 71.3 Å². The Balaban J connectivity index is 1.98. The van der Waals surface area contributed by atoms with Gasteiger partial charge in [-0.15, -0.1) is 5.10 Å². The molecule has 0 radical (unpaired) electrons. The van der Waals surface area contributed by atoms with Gasteiger partial charge in [0.05, 0.1) is 17.8 Å². The molecule has 22 heavy (non-hydrogen) atoms. The molecular weight excluding hydrogens is 304 g/mol. The van der Waals surface area contributed by atoms with E-state index in [0.717, 1.165) is 18.7 Å². The van der Waals surface area contributed by atoms with Crippen molar-refractivity contribution in [3.8, 4) is 0 Å². The summed E-state index contributed by atoms with van der Waals surface area (Å²) in [4.78, 5) is 2.06. The lowest BCUT2D eigenvalue weighted by atomic mass is 9.95. The number of rotatable bonds is 4. The molecule has 1 aliphatic carbocycles. The van der Waals surface area contributed by atoms with E-state index in [9.17, 15) is 8.42 Å². The van der Waals surface area contributed by atoms with Gasteiger partial charge in [0.25, 0.3) is 0 Å². The van der Waals surface area contributed by atoms with Crippen LogP contribution in [0.1, 0.15) is 44.0 Å². The van der Waals surface area contributed by atoms with Crippen LogP contribution in [0.3, 0.4) is 0 Å². The van der Waals surface area contributed by atoms with Gasteiger partial charge in [-0.25, -0.2) is 13.1 Å². The number of sulfonamides is 1. The fraction of sp³-hybridized carbons (Fsp3) is 0.923. The van der Waals surface area contributed by atoms with E-state index in [1.165, 1.54) is 23.4 Å². The first-order valence-corrected chi connectivity index (χ1v) is 9.60. The third-order valence-corrected chi connectivity index (χ3v) is 6.37. The average Bonchev–Trinajstić information content (AvgIpc) is 3.18. The standard InChI is InChI=1S/C13H24N6O2S/c1-17(2)13(8-9-18(10-13)22(3,20)21)12-14-15-16-19(12)11-6-4-5-7-11/h11H,4-10H2,1-3H3. The van der Waals surface area contributed by atoms with Gasteiger partial charge in [0, 0.05) is 13.1 Å². The molecule has 1 aromatic heterocycles. The molecule has 124 valence electrons. The van der Waals surface area contributed by atoms with Gasteiger partial charge >= 0.3 is 0 Å². The molecule has 1 atom stereocenters. The summed E-state index contributed by atoms with van der Waals surface area (Å²) in [6.45, 7) is 0.917. The maximum absolute atomic E-state index is 11.9. The summed E-state index contributed by atoms with van der Waals surface area (Å²) in [6.07, 6.45) is 6.57. The summed E-state index contributed by atoms with van der Waals surface area (Å²) in [7, 11) is 0.742. The summed E-state index contributed by atoms with van der Waals surface area (Å²) < 4.78 is 27.3. The monoisotopic (exact) mass is 328 g/mol. The minimum absolute atomic E-state index is 0.342. The van der Waals surface area contributed by atoms with Crippen LogP contribution in [0.25, 0.3) is 0 Å². The second-order valence-electron chi connectivity index (χ2n) is 6.66. The highest BCUT2D eigenvalue weighted by molar-refractivity contribution is 7.88. The highest BCUT2D eigenvalue weighted by Gasteiger charge is 2.48. The molecule has 2 heterocycles. The molecule has 0 bridgehead atoms. The fourth-order valence-corrected chi connectivity index (χ4v) is 4.56. The van der Waals surface area contributed by atoms with Crippen molar-refractivity contribution in [2.75, 3.05) is 33.4 Å². The zero-order chi connectivity index (χ0) is 16.0. The predicted molar refractivity (Wildman–Crippen MR) is 81.7 cm³/mol. The number of nitrogens with zero attached hydrogens (tertiary/aromatic N) is 6. The Morgan fingerprint density at radius 2 is 1.95 bits per heavy atom. The maximum atomic E-state index is 11.9. The molecule has 2 fully saturated rings. The van der Waals surface area contributed by atoms with Crippen LogP contribution in [0, 0.1) is 0 Å². The fourth-order valence-electron chi connectivity index (χ4n) is 3.68. The van der Waals surface area contributed by atoms with Gasteiger partial charge in [0.15, 0.2) is 5.82 Å². The summed E-state index contributed by atoms with van der Waals surface area (Å²) >= 11 is 0. The van der Waals surface area contributed by atoms with Crippen LogP contribution in [0.5, 0.6) is 0 Å². The summed E-state index contributed by atoms with van der Waals surface area (Å²) in [6, 6.07) is 0.342. The Bertz CT molecular complexity index is 637. The molecule has 0 aromatic carbocycles. The molecule has 1 aromatic rings. The summed E-state index contributed by atoms with van der Waals surface area (Å²) in [5.41, 5.74) is -0.449. The average molecular weight is 328 g/mol. The van der Waals surface area contributed by atoms with Gasteiger partial charge in [-0.2, -0.15) is 4.31 Å². The third kappa shape index (κ3) is 2.55. The van der Waals surface area contributed by atoms with Crippen molar-refractivity contribution in [2.24, 2.45) is 0 Å². The molecule has 0 amide bonds. The van der Waals surface area contributed by atoms with Crippen molar-refractivity contribution in [3.05, 3.63) is 5.82 Å². The van der Waals surface area contributed by atoms with E-state index in [4.69, 9.17) is 0 Å². The minimum Gasteiger partial charge on any atom is -0.296 e. The maximum Gasteiger partial charge on any atom is 0.211 e. The first kappa shape index (κ1) is 15.8. The van der Waals surface area contributed by atoms with E-state index in [0.29, 0.717) is 25.6 Å². The van der Waals surface area contributed by atoms with Gasteiger partial charge in [-0.3, -0.25) is 4.90 Å². The van der Waals surface area contributed by atoms with Crippen LogP contribution >= 0.6 is 0 Å². The number of hydrogen-bond donors (Lipinski definition) is 0. The smallest absolute Gasteiger partial charge is 0.211 e. The largest absolute Gasteiger partial charge is 0.296 e. The molecule has 8 nitrogen and oxygen atoms in total. The van der Waals surface area contributed by atoms with Crippen LogP contribution in [0.15, 0.2) is 0 Å². The zero-order valence-corrected chi connectivity index (χ0v) is 14.3. The number of likely N-dealkylation sites (N-methyl/N-ethyl adjacent to an activating group) is 1. The van der Waals surface area contributed by atoms with Crippen LogP contribution < -0.4 is 0 Å². The van der Waals surface area contributed by atoms with E-state index in [-0.39, 0.29) is 0 Å². The van der Waals surface area contributed by atoms with Gasteiger partial charge in [-0.05, 0) is 43.8 Å². The molecule has 0 spiro atoms. The quantitative estimate of drug-likeness (QED) is 0.785. The Kier molecular flexibility index (Phi) is 3.98. The Labute approximate surface area is 131 Å². The zero-order valence-electron chi connectivity index (χ0n) is 13.4. The number of hydrogen-bond acceptors (Lipinski definition) is 6. The lowest BCUT2D eigenvalue weighted by molar-refractivity contribution is 0.144. The van der Waals surface area contributed by atoms with Crippen LogP contribution in [0.4, 0.5) is 0 Å². The molecule has 1 aliphatic heterocycles. The molecule has 1 unspecified atom stereocenters. The SMILES string of the molecule is CN(C)C1(c2nnnn2C2CCCC2)CCN(S(C)(=O)=O)C1. The Morgan fingerprint density at radius 1 is 1.27 bits per heavy atom. The topological polar surface area (TPSA) is 84.2 Å². The van der Waals surface area contributed by atoms with Crippen molar-refractivity contribution in [1.82, 2.24) is 29.4 Å². The predicted octanol–water partition coefficient (Wildman–Crippen LogP) is 0.210. The van der Waals surface area contributed by atoms with Crippen molar-refractivity contribution in [1.29, 1.82) is 0 Å². The van der Waals surface area contributed by atoms with E-state index >= 15 is 0 Å². The van der Waals surface area contributed by atoms with E-state index < -0.39 is 15.6 Å². The van der Waals surface area contributed by atoms with Crippen molar-refractivity contribution >= 4 is 10.0 Å². The van der Waals surface area contributed by atoms with Crippen molar-refractivity contribution in [3.63, 3.8) is 0 Å². The van der Waals surface area contributed by atoms with Gasteiger partial charge in [0.2, 0.25) is 10.0 Å². The molecule has 3 rings (SSSR count). The molecular formula is C13H24N6O2S. The van der Waals surface area contributed by atoms with Crippen LogP contribution in [-0.2, 0) is 15.6 Å². The highest BCUT2D eigenvalue weighted by Crippen LogP contribution is 2.39. The molecule has 0 N–H and O–H groups in total. The molecule has 1 saturated heterocycles. The van der Waals surface area contributed by atoms with Crippen LogP contribution in [0.2, 0.25) is 0 Å². The lowest BCUT2D eigenvalue weighted by Gasteiger charge is -2.35. The van der Waals surface area contributed by atoms with Gasteiger partial charge < -0.3 is 0 Å². The summed E-state index contributed by atoms with van der Waals surface area (Å²) in [5.74, 6) is 0.801. The second-order valence-corrected chi connectivity index (χ2v) is 8.64. The Morgan fingerprint density at radius 3 is 2.50 bits per heavy atom. The minimum atomic E-state index is -3.20. The van der Waals surface area contributed by atoms with Crippen molar-refractivity contribution in [2.45, 2.75) is 43.7 Å². The van der Waals surface area contributed by atoms with E-state index in [1.54, 1.807) is 0 Å². The third-order valence-electron chi connectivity index (χ3n) is 5.12. The van der Waals surface area contributed by atoms with E-state index in [2.05, 4.69) is 20.4 Å². The molecule has 9 heteroatoms. The molecule has 2 aliphatic rings.